The monoisotopic (exact) mass is 517 g/mol. The van der Waals surface area contributed by atoms with E-state index in [4.69, 9.17) is 0 Å². The highest BCUT2D eigenvalue weighted by molar-refractivity contribution is 6.08. The molecule has 198 valence electrons. The molecule has 39 heavy (non-hydrogen) atoms. The van der Waals surface area contributed by atoms with Gasteiger partial charge < -0.3 is 15.4 Å². The van der Waals surface area contributed by atoms with Crippen LogP contribution in [0.1, 0.15) is 47.6 Å². The molecule has 5 nitrogen and oxygen atoms in total. The van der Waals surface area contributed by atoms with Crippen molar-refractivity contribution >= 4 is 23.6 Å². The molecule has 5 heteroatoms. The number of anilines is 2. The molecule has 1 aliphatic rings. The number of likely N-dealkylation sites (N-methyl/N-ethyl adjacent to an activating group) is 1. The SMILES string of the molecule is CN(C1CCC(Nc2ccc(NC(=O)c3ccccc3-c3ccccc3)cc2)CC1)C(C=O)c1ccccc1. The number of aldehydes is 1. The first-order valence-electron chi connectivity index (χ1n) is 13.7. The number of benzene rings is 4. The fourth-order valence-electron chi connectivity index (χ4n) is 5.55. The van der Waals surface area contributed by atoms with E-state index in [2.05, 4.69) is 22.6 Å². The summed E-state index contributed by atoms with van der Waals surface area (Å²) in [5, 5.41) is 6.70. The Hall–Kier alpha value is -4.22. The van der Waals surface area contributed by atoms with E-state index in [1.165, 1.54) is 0 Å². The second kappa shape index (κ2) is 12.5. The van der Waals surface area contributed by atoms with Gasteiger partial charge in [0.1, 0.15) is 6.29 Å². The molecule has 2 N–H and O–H groups in total. The third-order valence-electron chi connectivity index (χ3n) is 7.75. The largest absolute Gasteiger partial charge is 0.382 e. The minimum Gasteiger partial charge on any atom is -0.382 e. The van der Waals surface area contributed by atoms with Gasteiger partial charge in [0.2, 0.25) is 0 Å². The first-order valence-corrected chi connectivity index (χ1v) is 13.7. The molecule has 5 rings (SSSR count). The molecule has 0 radical (unpaired) electrons. The van der Waals surface area contributed by atoms with Crippen molar-refractivity contribution in [1.82, 2.24) is 4.90 Å². The molecule has 0 heterocycles. The lowest BCUT2D eigenvalue weighted by molar-refractivity contribution is -0.113. The Morgan fingerprint density at radius 3 is 2.03 bits per heavy atom. The second-order valence-corrected chi connectivity index (χ2v) is 10.2. The van der Waals surface area contributed by atoms with Crippen LogP contribution in [0.4, 0.5) is 11.4 Å². The molecule has 0 aromatic heterocycles. The highest BCUT2D eigenvalue weighted by atomic mass is 16.1. The van der Waals surface area contributed by atoms with E-state index in [-0.39, 0.29) is 11.9 Å². The van der Waals surface area contributed by atoms with E-state index >= 15 is 0 Å². The topological polar surface area (TPSA) is 61.4 Å². The zero-order valence-electron chi connectivity index (χ0n) is 22.3. The maximum absolute atomic E-state index is 13.1. The maximum Gasteiger partial charge on any atom is 0.256 e. The summed E-state index contributed by atoms with van der Waals surface area (Å²) in [6.07, 6.45) is 5.23. The summed E-state index contributed by atoms with van der Waals surface area (Å²) in [5.74, 6) is -0.123. The summed E-state index contributed by atoms with van der Waals surface area (Å²) in [5.41, 5.74) is 5.44. The highest BCUT2D eigenvalue weighted by Gasteiger charge is 2.28. The molecule has 1 atom stereocenters. The summed E-state index contributed by atoms with van der Waals surface area (Å²) in [6.45, 7) is 0. The predicted molar refractivity (Wildman–Crippen MR) is 159 cm³/mol. The van der Waals surface area contributed by atoms with Crippen molar-refractivity contribution in [3.05, 3.63) is 120 Å². The molecule has 1 aliphatic carbocycles. The number of rotatable bonds is 9. The Morgan fingerprint density at radius 2 is 1.36 bits per heavy atom. The summed E-state index contributed by atoms with van der Waals surface area (Å²) < 4.78 is 0. The number of nitrogens with zero attached hydrogens (tertiary/aromatic N) is 1. The van der Waals surface area contributed by atoms with Crippen LogP contribution in [0.3, 0.4) is 0 Å². The van der Waals surface area contributed by atoms with E-state index in [0.29, 0.717) is 17.6 Å². The first kappa shape index (κ1) is 26.4. The maximum atomic E-state index is 13.1. The minimum absolute atomic E-state index is 0.123. The van der Waals surface area contributed by atoms with Crippen LogP contribution < -0.4 is 10.6 Å². The van der Waals surface area contributed by atoms with Crippen LogP contribution in [-0.2, 0) is 4.79 Å². The Balaban J connectivity index is 1.15. The predicted octanol–water partition coefficient (Wildman–Crippen LogP) is 7.20. The second-order valence-electron chi connectivity index (χ2n) is 10.2. The lowest BCUT2D eigenvalue weighted by Gasteiger charge is -2.38. The fourth-order valence-corrected chi connectivity index (χ4v) is 5.55. The lowest BCUT2D eigenvalue weighted by atomic mass is 9.89. The first-order chi connectivity index (χ1) is 19.1. The van der Waals surface area contributed by atoms with Crippen LogP contribution in [-0.4, -0.2) is 36.2 Å². The smallest absolute Gasteiger partial charge is 0.256 e. The van der Waals surface area contributed by atoms with Gasteiger partial charge in [0.15, 0.2) is 0 Å². The lowest BCUT2D eigenvalue weighted by Crippen LogP contribution is -2.40. The van der Waals surface area contributed by atoms with Crippen molar-refractivity contribution in [1.29, 1.82) is 0 Å². The number of nitrogens with one attached hydrogen (secondary N) is 2. The van der Waals surface area contributed by atoms with Crippen LogP contribution in [0.25, 0.3) is 11.1 Å². The van der Waals surface area contributed by atoms with E-state index in [1.54, 1.807) is 0 Å². The molecule has 0 bridgehead atoms. The minimum atomic E-state index is -0.205. The van der Waals surface area contributed by atoms with Crippen molar-refractivity contribution < 1.29 is 9.59 Å². The van der Waals surface area contributed by atoms with Crippen molar-refractivity contribution in [2.24, 2.45) is 0 Å². The Morgan fingerprint density at radius 1 is 0.769 bits per heavy atom. The molecule has 4 aromatic rings. The molecule has 0 saturated heterocycles. The van der Waals surface area contributed by atoms with Crippen LogP contribution in [0, 0.1) is 0 Å². The number of hydrogen-bond acceptors (Lipinski definition) is 4. The summed E-state index contributed by atoms with van der Waals surface area (Å²) in [7, 11) is 2.07. The Bertz CT molecular complexity index is 1360. The van der Waals surface area contributed by atoms with Gasteiger partial charge in [-0.05, 0) is 79.8 Å². The van der Waals surface area contributed by atoms with Gasteiger partial charge in [-0.15, -0.1) is 0 Å². The van der Waals surface area contributed by atoms with E-state index in [1.807, 2.05) is 109 Å². The number of hydrogen-bond donors (Lipinski definition) is 2. The number of amides is 1. The van der Waals surface area contributed by atoms with Gasteiger partial charge in [-0.1, -0.05) is 78.9 Å². The van der Waals surface area contributed by atoms with Gasteiger partial charge in [0, 0.05) is 29.0 Å². The normalized spacial score (nSPS) is 17.8. The molecular weight excluding hydrogens is 482 g/mol. The molecule has 1 unspecified atom stereocenters. The summed E-state index contributed by atoms with van der Waals surface area (Å²) >= 11 is 0. The van der Waals surface area contributed by atoms with Crippen LogP contribution in [0.2, 0.25) is 0 Å². The summed E-state index contributed by atoms with van der Waals surface area (Å²) in [6, 6.07) is 36.1. The van der Waals surface area contributed by atoms with Gasteiger partial charge in [-0.2, -0.15) is 0 Å². The molecular formula is C34H35N3O2. The van der Waals surface area contributed by atoms with E-state index in [0.717, 1.165) is 60.0 Å². The van der Waals surface area contributed by atoms with E-state index in [9.17, 15) is 9.59 Å². The van der Waals surface area contributed by atoms with Crippen molar-refractivity contribution in [3.63, 3.8) is 0 Å². The molecule has 1 saturated carbocycles. The quantitative estimate of drug-likeness (QED) is 0.231. The van der Waals surface area contributed by atoms with Gasteiger partial charge >= 0.3 is 0 Å². The molecule has 4 aromatic carbocycles. The highest BCUT2D eigenvalue weighted by Crippen LogP contribution is 2.30. The average Bonchev–Trinajstić information content (AvgIpc) is 3.00. The third kappa shape index (κ3) is 6.44. The van der Waals surface area contributed by atoms with Crippen LogP contribution in [0.5, 0.6) is 0 Å². The number of carbonyl (C=O) groups excluding carboxylic acids is 2. The van der Waals surface area contributed by atoms with Crippen molar-refractivity contribution in [3.8, 4) is 11.1 Å². The van der Waals surface area contributed by atoms with Crippen molar-refractivity contribution in [2.75, 3.05) is 17.7 Å². The average molecular weight is 518 g/mol. The van der Waals surface area contributed by atoms with Gasteiger partial charge in [-0.3, -0.25) is 9.69 Å². The van der Waals surface area contributed by atoms with Crippen LogP contribution in [0.15, 0.2) is 109 Å². The van der Waals surface area contributed by atoms with E-state index < -0.39 is 0 Å². The molecule has 0 aliphatic heterocycles. The molecule has 0 spiro atoms. The third-order valence-corrected chi connectivity index (χ3v) is 7.75. The van der Waals surface area contributed by atoms with Gasteiger partial charge in [0.05, 0.1) is 6.04 Å². The standard InChI is InChI=1S/C34H35N3O2/c1-37(33(24-38)26-12-6-3-7-13-26)30-22-20-28(21-23-30)35-27-16-18-29(19-17-27)36-34(39)32-15-9-8-14-31(32)25-10-4-2-5-11-25/h2-19,24,28,30,33,35H,20-23H2,1H3,(H,36,39). The number of carbonyl (C=O) groups is 2. The zero-order chi connectivity index (χ0) is 27.0. The van der Waals surface area contributed by atoms with Gasteiger partial charge in [-0.25, -0.2) is 0 Å². The van der Waals surface area contributed by atoms with Gasteiger partial charge in [0.25, 0.3) is 5.91 Å². The Labute approximate surface area is 230 Å². The Kier molecular flexibility index (Phi) is 8.49. The van der Waals surface area contributed by atoms with Crippen molar-refractivity contribution in [2.45, 2.75) is 43.8 Å². The molecule has 1 fully saturated rings. The molecule has 1 amide bonds. The van der Waals surface area contributed by atoms with Crippen LogP contribution >= 0.6 is 0 Å². The summed E-state index contributed by atoms with van der Waals surface area (Å²) in [4.78, 5) is 27.2. The zero-order valence-corrected chi connectivity index (χ0v) is 22.3. The fraction of sp³-hybridized carbons (Fsp3) is 0.235.